The lowest BCUT2D eigenvalue weighted by atomic mass is 10.1. The van der Waals surface area contributed by atoms with Crippen molar-refractivity contribution in [2.24, 2.45) is 0 Å². The zero-order valence-corrected chi connectivity index (χ0v) is 7.92. The SMILES string of the molecule is Nc1c(C(=O)O)cnc(C(F)F)c1C(F)(F)F. The van der Waals surface area contributed by atoms with Crippen molar-refractivity contribution in [2.75, 3.05) is 5.73 Å². The molecule has 1 rings (SSSR count). The second-order valence-electron chi connectivity index (χ2n) is 2.95. The average molecular weight is 256 g/mol. The minimum atomic E-state index is -5.20. The standard InChI is InChI=1S/C8H5F5N2O2/c9-6(10)5-3(8(11,12)13)4(14)2(1-15-5)7(16)17/h1,6H,(H2,14,15)(H,16,17). The molecule has 0 amide bonds. The van der Waals surface area contributed by atoms with Crippen LogP contribution in [0.15, 0.2) is 6.20 Å². The van der Waals surface area contributed by atoms with E-state index in [1.165, 1.54) is 0 Å². The number of rotatable bonds is 2. The number of alkyl halides is 5. The van der Waals surface area contributed by atoms with E-state index < -0.39 is 41.1 Å². The molecule has 0 atom stereocenters. The summed E-state index contributed by atoms with van der Waals surface area (Å²) in [4.78, 5) is 13.3. The van der Waals surface area contributed by atoms with Gasteiger partial charge in [-0.25, -0.2) is 13.6 Å². The zero-order chi connectivity index (χ0) is 13.4. The number of pyridine rings is 1. The number of anilines is 1. The first-order valence-corrected chi connectivity index (χ1v) is 4.03. The summed E-state index contributed by atoms with van der Waals surface area (Å²) in [5.41, 5.74) is -0.797. The number of carboxylic acid groups (broad SMARTS) is 1. The molecular formula is C8H5F5N2O2. The molecule has 1 heterocycles. The highest BCUT2D eigenvalue weighted by atomic mass is 19.4. The molecule has 0 aliphatic heterocycles. The van der Waals surface area contributed by atoms with E-state index >= 15 is 0 Å². The number of hydrogen-bond acceptors (Lipinski definition) is 3. The monoisotopic (exact) mass is 256 g/mol. The number of carboxylic acids is 1. The van der Waals surface area contributed by atoms with Crippen LogP contribution in [0.1, 0.15) is 28.0 Å². The Morgan fingerprint density at radius 1 is 1.41 bits per heavy atom. The molecule has 0 unspecified atom stereocenters. The molecule has 94 valence electrons. The van der Waals surface area contributed by atoms with Crippen molar-refractivity contribution in [1.82, 2.24) is 4.98 Å². The Labute approximate surface area is 90.9 Å². The van der Waals surface area contributed by atoms with Crippen LogP contribution in [0.4, 0.5) is 27.6 Å². The molecule has 0 aliphatic carbocycles. The summed E-state index contributed by atoms with van der Waals surface area (Å²) in [6.07, 6.45) is -8.33. The van der Waals surface area contributed by atoms with Crippen LogP contribution in [0, 0.1) is 0 Å². The van der Waals surface area contributed by atoms with Crippen molar-refractivity contribution < 1.29 is 31.9 Å². The molecule has 3 N–H and O–H groups in total. The number of hydrogen-bond donors (Lipinski definition) is 2. The van der Waals surface area contributed by atoms with Gasteiger partial charge in [-0.2, -0.15) is 13.2 Å². The normalized spacial score (nSPS) is 11.9. The van der Waals surface area contributed by atoms with Crippen LogP contribution >= 0.6 is 0 Å². The fourth-order valence-electron chi connectivity index (χ4n) is 1.17. The molecule has 0 spiro atoms. The number of aromatic carboxylic acids is 1. The lowest BCUT2D eigenvalue weighted by molar-refractivity contribution is -0.139. The van der Waals surface area contributed by atoms with E-state index in [0.717, 1.165) is 0 Å². The second kappa shape index (κ2) is 4.15. The molecule has 0 aromatic carbocycles. The van der Waals surface area contributed by atoms with Crippen LogP contribution < -0.4 is 5.73 Å². The molecule has 1 aromatic rings. The summed E-state index contributed by atoms with van der Waals surface area (Å²) in [5, 5.41) is 8.51. The molecule has 0 saturated heterocycles. The van der Waals surface area contributed by atoms with Gasteiger partial charge in [-0.3, -0.25) is 4.98 Å². The number of nitrogen functional groups attached to an aromatic ring is 1. The minimum absolute atomic E-state index is 0.369. The predicted molar refractivity (Wildman–Crippen MR) is 45.6 cm³/mol. The van der Waals surface area contributed by atoms with E-state index in [4.69, 9.17) is 10.8 Å². The van der Waals surface area contributed by atoms with Crippen molar-refractivity contribution in [1.29, 1.82) is 0 Å². The molecule has 4 nitrogen and oxygen atoms in total. The number of halogens is 5. The molecule has 0 aliphatic rings. The van der Waals surface area contributed by atoms with Gasteiger partial charge in [0.2, 0.25) is 0 Å². The van der Waals surface area contributed by atoms with Gasteiger partial charge in [0.05, 0.1) is 5.69 Å². The van der Waals surface area contributed by atoms with Gasteiger partial charge in [0.25, 0.3) is 6.43 Å². The van der Waals surface area contributed by atoms with Crippen LogP contribution in [0.25, 0.3) is 0 Å². The third kappa shape index (κ3) is 2.43. The van der Waals surface area contributed by atoms with E-state index in [9.17, 15) is 26.7 Å². The Hall–Kier alpha value is -1.93. The Bertz CT molecular complexity index is 458. The van der Waals surface area contributed by atoms with Gasteiger partial charge in [0.1, 0.15) is 16.8 Å². The Balaban J connectivity index is 3.59. The second-order valence-corrected chi connectivity index (χ2v) is 2.95. The Morgan fingerprint density at radius 2 is 1.94 bits per heavy atom. The van der Waals surface area contributed by atoms with Gasteiger partial charge in [-0.1, -0.05) is 0 Å². The lowest BCUT2D eigenvalue weighted by Crippen LogP contribution is -2.18. The molecule has 1 aromatic heterocycles. The third-order valence-corrected chi connectivity index (χ3v) is 1.87. The molecule has 0 bridgehead atoms. The summed E-state index contributed by atoms with van der Waals surface area (Å²) in [6, 6.07) is 0. The van der Waals surface area contributed by atoms with Crippen LogP contribution in [0.2, 0.25) is 0 Å². The number of nitrogens with zero attached hydrogens (tertiary/aromatic N) is 1. The number of nitrogens with two attached hydrogens (primary N) is 1. The molecule has 9 heteroatoms. The van der Waals surface area contributed by atoms with Crippen molar-refractivity contribution in [3.63, 3.8) is 0 Å². The van der Waals surface area contributed by atoms with Crippen molar-refractivity contribution >= 4 is 11.7 Å². The average Bonchev–Trinajstić information content (AvgIpc) is 2.14. The van der Waals surface area contributed by atoms with Crippen molar-refractivity contribution in [3.8, 4) is 0 Å². The fraction of sp³-hybridized carbons (Fsp3) is 0.250. The first kappa shape index (κ1) is 13.1. The van der Waals surface area contributed by atoms with E-state index in [1.54, 1.807) is 0 Å². The fourth-order valence-corrected chi connectivity index (χ4v) is 1.17. The maximum atomic E-state index is 12.5. The quantitative estimate of drug-likeness (QED) is 0.796. The van der Waals surface area contributed by atoms with Gasteiger partial charge in [0, 0.05) is 6.20 Å². The van der Waals surface area contributed by atoms with Gasteiger partial charge in [-0.05, 0) is 0 Å². The molecule has 0 saturated carbocycles. The molecule has 0 fully saturated rings. The summed E-state index contributed by atoms with van der Waals surface area (Å²) in [6.45, 7) is 0. The third-order valence-electron chi connectivity index (χ3n) is 1.87. The first-order valence-electron chi connectivity index (χ1n) is 4.03. The topological polar surface area (TPSA) is 76.2 Å². The smallest absolute Gasteiger partial charge is 0.420 e. The first-order chi connectivity index (χ1) is 7.66. The van der Waals surface area contributed by atoms with E-state index in [-0.39, 0.29) is 0 Å². The van der Waals surface area contributed by atoms with E-state index in [0.29, 0.717) is 6.20 Å². The maximum absolute atomic E-state index is 12.5. The molecule has 17 heavy (non-hydrogen) atoms. The highest BCUT2D eigenvalue weighted by molar-refractivity contribution is 5.94. The number of carbonyl (C=O) groups is 1. The van der Waals surface area contributed by atoms with Crippen molar-refractivity contribution in [3.05, 3.63) is 23.0 Å². The number of aromatic nitrogens is 1. The minimum Gasteiger partial charge on any atom is -0.478 e. The highest BCUT2D eigenvalue weighted by Crippen LogP contribution is 2.40. The van der Waals surface area contributed by atoms with Crippen LogP contribution in [-0.4, -0.2) is 16.1 Å². The van der Waals surface area contributed by atoms with E-state index in [2.05, 4.69) is 4.98 Å². The van der Waals surface area contributed by atoms with Gasteiger partial charge in [-0.15, -0.1) is 0 Å². The maximum Gasteiger partial charge on any atom is 0.420 e. The van der Waals surface area contributed by atoms with Crippen LogP contribution in [0.5, 0.6) is 0 Å². The summed E-state index contributed by atoms with van der Waals surface area (Å²) >= 11 is 0. The summed E-state index contributed by atoms with van der Waals surface area (Å²) in [7, 11) is 0. The van der Waals surface area contributed by atoms with Gasteiger partial charge < -0.3 is 10.8 Å². The Morgan fingerprint density at radius 3 is 2.29 bits per heavy atom. The van der Waals surface area contributed by atoms with Gasteiger partial charge >= 0.3 is 12.1 Å². The van der Waals surface area contributed by atoms with Crippen molar-refractivity contribution in [2.45, 2.75) is 12.6 Å². The zero-order valence-electron chi connectivity index (χ0n) is 7.92. The molecular weight excluding hydrogens is 251 g/mol. The van der Waals surface area contributed by atoms with E-state index in [1.807, 2.05) is 0 Å². The Kier molecular flexibility index (Phi) is 3.21. The van der Waals surface area contributed by atoms with Gasteiger partial charge in [0.15, 0.2) is 0 Å². The van der Waals surface area contributed by atoms with Crippen LogP contribution in [0.3, 0.4) is 0 Å². The lowest BCUT2D eigenvalue weighted by Gasteiger charge is -2.15. The largest absolute Gasteiger partial charge is 0.478 e. The molecule has 0 radical (unpaired) electrons. The predicted octanol–water partition coefficient (Wildman–Crippen LogP) is 2.32. The van der Waals surface area contributed by atoms with Crippen LogP contribution in [-0.2, 0) is 6.18 Å². The highest BCUT2D eigenvalue weighted by Gasteiger charge is 2.40. The summed E-state index contributed by atoms with van der Waals surface area (Å²) < 4.78 is 62.0. The summed E-state index contributed by atoms with van der Waals surface area (Å²) in [5.74, 6) is -1.78.